The molecule has 5 nitrogen and oxygen atoms in total. The van der Waals surface area contributed by atoms with Crippen LogP contribution in [-0.4, -0.2) is 35.3 Å². The highest BCUT2D eigenvalue weighted by atomic mass is 16.3. The van der Waals surface area contributed by atoms with E-state index in [9.17, 15) is 9.90 Å². The lowest BCUT2D eigenvalue weighted by Gasteiger charge is -2.21. The topological polar surface area (TPSA) is 64.9 Å². The molecule has 0 aliphatic rings. The number of carbonyl (C=O) groups is 1. The van der Waals surface area contributed by atoms with Crippen molar-refractivity contribution in [3.05, 3.63) is 29.8 Å². The van der Waals surface area contributed by atoms with Crippen LogP contribution in [0.4, 0.5) is 4.79 Å². The quantitative estimate of drug-likeness (QED) is 0.570. The van der Waals surface area contributed by atoms with E-state index in [-0.39, 0.29) is 11.8 Å². The average Bonchev–Trinajstić information content (AvgIpc) is 2.49. The molecule has 2 N–H and O–H groups in total. The van der Waals surface area contributed by atoms with Gasteiger partial charge in [0.1, 0.15) is 5.75 Å². The van der Waals surface area contributed by atoms with Gasteiger partial charge in [-0.25, -0.2) is 10.2 Å². The Bertz CT molecular complexity index is 453. The molecule has 1 rings (SSSR count). The van der Waals surface area contributed by atoms with Gasteiger partial charge >= 0.3 is 6.03 Å². The summed E-state index contributed by atoms with van der Waals surface area (Å²) < 4.78 is 0. The van der Waals surface area contributed by atoms with Crippen LogP contribution in [-0.2, 0) is 0 Å². The molecule has 0 bridgehead atoms. The maximum atomic E-state index is 12.1. The highest BCUT2D eigenvalue weighted by Gasteiger charge is 2.11. The van der Waals surface area contributed by atoms with Crippen molar-refractivity contribution in [3.63, 3.8) is 0 Å². The summed E-state index contributed by atoms with van der Waals surface area (Å²) in [5, 5.41) is 13.5. The van der Waals surface area contributed by atoms with E-state index in [2.05, 4.69) is 24.4 Å². The van der Waals surface area contributed by atoms with Crippen molar-refractivity contribution in [2.45, 2.75) is 39.5 Å². The number of carbonyl (C=O) groups excluding carboxylic acids is 1. The van der Waals surface area contributed by atoms with E-state index in [0.29, 0.717) is 5.56 Å². The molecule has 0 atom stereocenters. The Balaban J connectivity index is 2.54. The molecule has 5 heteroatoms. The van der Waals surface area contributed by atoms with Crippen LogP contribution in [0.2, 0.25) is 0 Å². The van der Waals surface area contributed by atoms with Gasteiger partial charge in [-0.05, 0) is 25.0 Å². The number of nitrogens with one attached hydrogen (secondary N) is 1. The Morgan fingerprint density at radius 2 is 1.86 bits per heavy atom. The third kappa shape index (κ3) is 6.29. The molecule has 0 aromatic heterocycles. The average molecular weight is 291 g/mol. The molecule has 0 saturated heterocycles. The fraction of sp³-hybridized carbons (Fsp3) is 0.500. The third-order valence-electron chi connectivity index (χ3n) is 3.15. The van der Waals surface area contributed by atoms with Gasteiger partial charge in [0.25, 0.3) is 0 Å². The molecule has 0 spiro atoms. The van der Waals surface area contributed by atoms with Crippen LogP contribution in [0.1, 0.15) is 45.1 Å². The number of phenols is 1. The number of urea groups is 1. The van der Waals surface area contributed by atoms with Gasteiger partial charge in [0.2, 0.25) is 0 Å². The van der Waals surface area contributed by atoms with Crippen LogP contribution in [0.3, 0.4) is 0 Å². The van der Waals surface area contributed by atoms with Crippen molar-refractivity contribution in [2.24, 2.45) is 5.10 Å². The molecule has 0 unspecified atom stereocenters. The number of rotatable bonds is 8. The summed E-state index contributed by atoms with van der Waals surface area (Å²) in [7, 11) is 0. The van der Waals surface area contributed by atoms with Crippen LogP contribution in [0.5, 0.6) is 5.75 Å². The SMILES string of the molecule is CCCCN(CCCC)C(=O)N/N=C/c1ccccc1O. The fourth-order valence-corrected chi connectivity index (χ4v) is 1.84. The first-order valence-electron chi connectivity index (χ1n) is 7.55. The van der Waals surface area contributed by atoms with E-state index < -0.39 is 0 Å². The number of para-hydroxylation sites is 1. The number of phenolic OH excluding ortho intramolecular Hbond substituents is 1. The summed E-state index contributed by atoms with van der Waals surface area (Å²) >= 11 is 0. The maximum Gasteiger partial charge on any atom is 0.337 e. The molecular formula is C16H25N3O2. The summed E-state index contributed by atoms with van der Waals surface area (Å²) in [5.74, 6) is 0.143. The molecule has 0 fully saturated rings. The molecule has 21 heavy (non-hydrogen) atoms. The minimum absolute atomic E-state index is 0.143. The van der Waals surface area contributed by atoms with Crippen molar-refractivity contribution in [1.82, 2.24) is 10.3 Å². The Morgan fingerprint density at radius 1 is 1.24 bits per heavy atom. The number of hydrazone groups is 1. The predicted octanol–water partition coefficient (Wildman–Crippen LogP) is 3.34. The summed E-state index contributed by atoms with van der Waals surface area (Å²) in [6.07, 6.45) is 5.53. The zero-order valence-corrected chi connectivity index (χ0v) is 12.9. The summed E-state index contributed by atoms with van der Waals surface area (Å²) in [4.78, 5) is 13.9. The maximum absolute atomic E-state index is 12.1. The fourth-order valence-electron chi connectivity index (χ4n) is 1.84. The largest absolute Gasteiger partial charge is 0.507 e. The van der Waals surface area contributed by atoms with Crippen molar-refractivity contribution in [3.8, 4) is 5.75 Å². The van der Waals surface area contributed by atoms with Crippen LogP contribution >= 0.6 is 0 Å². The van der Waals surface area contributed by atoms with Gasteiger partial charge in [-0.2, -0.15) is 5.10 Å². The van der Waals surface area contributed by atoms with Gasteiger partial charge < -0.3 is 10.0 Å². The van der Waals surface area contributed by atoms with Gasteiger partial charge in [0, 0.05) is 18.7 Å². The van der Waals surface area contributed by atoms with Crippen molar-refractivity contribution >= 4 is 12.2 Å². The van der Waals surface area contributed by atoms with Crippen molar-refractivity contribution in [1.29, 1.82) is 0 Å². The lowest BCUT2D eigenvalue weighted by atomic mass is 10.2. The second-order valence-electron chi connectivity index (χ2n) is 4.93. The molecule has 2 amide bonds. The van der Waals surface area contributed by atoms with Crippen molar-refractivity contribution in [2.75, 3.05) is 13.1 Å². The Morgan fingerprint density at radius 3 is 2.43 bits per heavy atom. The lowest BCUT2D eigenvalue weighted by Crippen LogP contribution is -2.39. The number of nitrogens with zero attached hydrogens (tertiary/aromatic N) is 2. The molecule has 0 aliphatic heterocycles. The highest BCUT2D eigenvalue weighted by molar-refractivity contribution is 5.84. The molecule has 1 aromatic carbocycles. The zero-order chi connectivity index (χ0) is 15.5. The Kier molecular flexibility index (Phi) is 7.94. The Labute approximate surface area is 126 Å². The third-order valence-corrected chi connectivity index (χ3v) is 3.15. The van der Waals surface area contributed by atoms with Crippen molar-refractivity contribution < 1.29 is 9.90 Å². The summed E-state index contributed by atoms with van der Waals surface area (Å²) in [5.41, 5.74) is 3.10. The number of hydrogen-bond donors (Lipinski definition) is 2. The van der Waals surface area contributed by atoms with E-state index in [4.69, 9.17) is 0 Å². The summed E-state index contributed by atoms with van der Waals surface area (Å²) in [6.45, 7) is 5.70. The smallest absolute Gasteiger partial charge is 0.337 e. The van der Waals surface area contributed by atoms with E-state index in [1.807, 2.05) is 0 Å². The van der Waals surface area contributed by atoms with Gasteiger partial charge in [-0.1, -0.05) is 38.8 Å². The lowest BCUT2D eigenvalue weighted by molar-refractivity contribution is 0.196. The highest BCUT2D eigenvalue weighted by Crippen LogP contribution is 2.12. The molecule has 116 valence electrons. The second-order valence-corrected chi connectivity index (χ2v) is 4.93. The zero-order valence-electron chi connectivity index (χ0n) is 12.9. The monoisotopic (exact) mass is 291 g/mol. The molecule has 0 aliphatic carbocycles. The van der Waals surface area contributed by atoms with Gasteiger partial charge in [-0.15, -0.1) is 0 Å². The van der Waals surface area contributed by atoms with Gasteiger partial charge in [0.05, 0.1) is 6.21 Å². The number of unbranched alkanes of at least 4 members (excludes halogenated alkanes) is 2. The van der Waals surface area contributed by atoms with Gasteiger partial charge in [-0.3, -0.25) is 0 Å². The first-order chi connectivity index (χ1) is 10.2. The molecule has 1 aromatic rings. The number of aromatic hydroxyl groups is 1. The molecule has 0 heterocycles. The summed E-state index contributed by atoms with van der Waals surface area (Å²) in [6, 6.07) is 6.67. The van der Waals surface area contributed by atoms with Crippen LogP contribution in [0.15, 0.2) is 29.4 Å². The standard InChI is InChI=1S/C16H25N3O2/c1-3-5-11-19(12-6-4-2)16(21)18-17-13-14-9-7-8-10-15(14)20/h7-10,13,20H,3-6,11-12H2,1-2H3,(H,18,21)/b17-13+. The van der Waals surface area contributed by atoms with Crippen LogP contribution in [0.25, 0.3) is 0 Å². The number of hydrogen-bond acceptors (Lipinski definition) is 3. The van der Waals surface area contributed by atoms with Crippen LogP contribution < -0.4 is 5.43 Å². The number of benzene rings is 1. The Hall–Kier alpha value is -2.04. The first-order valence-corrected chi connectivity index (χ1v) is 7.55. The predicted molar refractivity (Wildman–Crippen MR) is 85.6 cm³/mol. The molecular weight excluding hydrogens is 266 g/mol. The van der Waals surface area contributed by atoms with E-state index >= 15 is 0 Å². The van der Waals surface area contributed by atoms with Gasteiger partial charge in [0.15, 0.2) is 0 Å². The normalized spacial score (nSPS) is 10.8. The molecule has 0 saturated carbocycles. The molecule has 0 radical (unpaired) electrons. The first kappa shape index (κ1) is 17.0. The minimum Gasteiger partial charge on any atom is -0.507 e. The van der Waals surface area contributed by atoms with E-state index in [0.717, 1.165) is 38.8 Å². The van der Waals surface area contributed by atoms with Crippen LogP contribution in [0, 0.1) is 0 Å². The number of amides is 2. The minimum atomic E-state index is -0.191. The second kappa shape index (κ2) is 9.80. The van der Waals surface area contributed by atoms with E-state index in [1.165, 1.54) is 6.21 Å². The van der Waals surface area contributed by atoms with E-state index in [1.54, 1.807) is 29.2 Å².